The fraction of sp³-hybridized carbons (Fsp3) is 0. The lowest BCUT2D eigenvalue weighted by molar-refractivity contribution is 0.607. The predicted octanol–water partition coefficient (Wildman–Crippen LogP) is 5.92. The first kappa shape index (κ1) is 12.3. The fourth-order valence-corrected chi connectivity index (χ4v) is 2.89. The highest BCUT2D eigenvalue weighted by Gasteiger charge is 2.12. The molecule has 0 atom stereocenters. The molecule has 4 aromatic rings. The van der Waals surface area contributed by atoms with Crippen LogP contribution in [0.15, 0.2) is 59.5 Å². The summed E-state index contributed by atoms with van der Waals surface area (Å²) in [6.07, 6.45) is 5.50. The van der Waals surface area contributed by atoms with E-state index in [0.717, 1.165) is 43.6 Å². The van der Waals surface area contributed by atoms with Gasteiger partial charge in [-0.25, -0.2) is 0 Å². The number of aromatic amines is 1. The number of hydrogen-bond donors (Lipinski definition) is 1. The highest BCUT2D eigenvalue weighted by Crippen LogP contribution is 2.35. The van der Waals surface area contributed by atoms with Gasteiger partial charge in [-0.3, -0.25) is 0 Å². The van der Waals surface area contributed by atoms with Gasteiger partial charge in [0.15, 0.2) is 0 Å². The first-order valence-corrected chi connectivity index (χ1v) is 7.06. The zero-order valence-corrected chi connectivity index (χ0v) is 11.9. The van der Waals surface area contributed by atoms with Crippen LogP contribution in [0.2, 0.25) is 5.02 Å². The summed E-state index contributed by atoms with van der Waals surface area (Å²) < 4.78 is 5.99. The van der Waals surface area contributed by atoms with E-state index in [1.165, 1.54) is 0 Å². The molecule has 1 N–H and O–H groups in total. The normalized spacial score (nSPS) is 12.0. The van der Waals surface area contributed by atoms with Crippen LogP contribution in [0.5, 0.6) is 0 Å². The molecule has 0 saturated carbocycles. The zero-order valence-electron chi connectivity index (χ0n) is 11.2. The molecule has 0 fully saturated rings. The first-order chi connectivity index (χ1) is 10.3. The molecule has 102 valence electrons. The summed E-state index contributed by atoms with van der Waals surface area (Å²) in [5.41, 5.74) is 2.99. The predicted molar refractivity (Wildman–Crippen MR) is 89.8 cm³/mol. The Morgan fingerprint density at radius 2 is 1.95 bits per heavy atom. The third-order valence-electron chi connectivity index (χ3n) is 3.62. The van der Waals surface area contributed by atoms with Crippen LogP contribution in [0.3, 0.4) is 0 Å². The molecule has 0 aliphatic heterocycles. The van der Waals surface area contributed by atoms with E-state index in [-0.39, 0.29) is 0 Å². The lowest BCUT2D eigenvalue weighted by atomic mass is 10.1. The molecule has 0 aliphatic carbocycles. The standard InChI is InChI=1S/C18H12ClNO/c1-2-3-4-13-9-11-5-7-16-17(18(11)21-13)14-10-12(19)6-8-15(14)20-16/h2-10,20H,1H2/b4-3-. The highest BCUT2D eigenvalue weighted by molar-refractivity contribution is 6.32. The monoisotopic (exact) mass is 293 g/mol. The molecule has 21 heavy (non-hydrogen) atoms. The van der Waals surface area contributed by atoms with Gasteiger partial charge in [-0.1, -0.05) is 30.3 Å². The summed E-state index contributed by atoms with van der Waals surface area (Å²) in [5, 5.41) is 3.95. The smallest absolute Gasteiger partial charge is 0.144 e. The van der Waals surface area contributed by atoms with Crippen molar-refractivity contribution in [1.82, 2.24) is 4.98 Å². The van der Waals surface area contributed by atoms with E-state index in [4.69, 9.17) is 16.0 Å². The Kier molecular flexibility index (Phi) is 2.66. The Morgan fingerprint density at radius 3 is 2.81 bits per heavy atom. The van der Waals surface area contributed by atoms with Gasteiger partial charge in [-0.15, -0.1) is 0 Å². The molecule has 2 heterocycles. The number of rotatable bonds is 2. The van der Waals surface area contributed by atoms with Crippen LogP contribution >= 0.6 is 11.6 Å². The van der Waals surface area contributed by atoms with Gasteiger partial charge in [0.25, 0.3) is 0 Å². The van der Waals surface area contributed by atoms with Gasteiger partial charge in [0.05, 0.1) is 10.9 Å². The Hall–Kier alpha value is -2.45. The Bertz CT molecular complexity index is 1020. The minimum absolute atomic E-state index is 0.721. The minimum Gasteiger partial charge on any atom is -0.456 e. The zero-order chi connectivity index (χ0) is 14.4. The second kappa shape index (κ2) is 4.54. The number of benzene rings is 2. The first-order valence-electron chi connectivity index (χ1n) is 6.69. The molecule has 0 saturated heterocycles. The number of furan rings is 1. The summed E-state index contributed by atoms with van der Waals surface area (Å²) in [7, 11) is 0. The van der Waals surface area contributed by atoms with Crippen LogP contribution < -0.4 is 0 Å². The van der Waals surface area contributed by atoms with Crippen LogP contribution in [0.4, 0.5) is 0 Å². The van der Waals surface area contributed by atoms with Crippen molar-refractivity contribution in [3.8, 4) is 0 Å². The van der Waals surface area contributed by atoms with Crippen molar-refractivity contribution >= 4 is 50.5 Å². The largest absolute Gasteiger partial charge is 0.456 e. The van der Waals surface area contributed by atoms with Crippen LogP contribution in [0, 0.1) is 0 Å². The maximum absolute atomic E-state index is 6.13. The molecule has 0 spiro atoms. The number of fused-ring (bicyclic) bond motifs is 5. The van der Waals surface area contributed by atoms with Gasteiger partial charge < -0.3 is 9.40 Å². The third kappa shape index (κ3) is 1.88. The second-order valence-electron chi connectivity index (χ2n) is 4.96. The van der Waals surface area contributed by atoms with Gasteiger partial charge in [-0.05, 0) is 42.5 Å². The molecule has 0 bridgehead atoms. The molecule has 3 heteroatoms. The van der Waals surface area contributed by atoms with Gasteiger partial charge in [0, 0.05) is 21.3 Å². The van der Waals surface area contributed by atoms with Crippen molar-refractivity contribution in [3.63, 3.8) is 0 Å². The lowest BCUT2D eigenvalue weighted by Gasteiger charge is -1.94. The van der Waals surface area contributed by atoms with Crippen molar-refractivity contribution in [2.24, 2.45) is 0 Å². The summed E-state index contributed by atoms with van der Waals surface area (Å²) in [4.78, 5) is 3.40. The Morgan fingerprint density at radius 1 is 1.10 bits per heavy atom. The van der Waals surface area contributed by atoms with E-state index in [0.29, 0.717) is 0 Å². The van der Waals surface area contributed by atoms with E-state index in [1.807, 2.05) is 36.4 Å². The van der Waals surface area contributed by atoms with Gasteiger partial charge >= 0.3 is 0 Å². The molecular weight excluding hydrogens is 282 g/mol. The minimum atomic E-state index is 0.721. The molecule has 0 unspecified atom stereocenters. The number of aromatic nitrogens is 1. The van der Waals surface area contributed by atoms with E-state index in [9.17, 15) is 0 Å². The van der Waals surface area contributed by atoms with E-state index in [1.54, 1.807) is 6.08 Å². The fourth-order valence-electron chi connectivity index (χ4n) is 2.72. The third-order valence-corrected chi connectivity index (χ3v) is 3.86. The van der Waals surface area contributed by atoms with Crippen molar-refractivity contribution < 1.29 is 4.42 Å². The lowest BCUT2D eigenvalue weighted by Crippen LogP contribution is -1.69. The topological polar surface area (TPSA) is 28.9 Å². The molecule has 2 aromatic carbocycles. The molecule has 2 nitrogen and oxygen atoms in total. The Labute approximate surface area is 126 Å². The summed E-state index contributed by atoms with van der Waals surface area (Å²) in [5.74, 6) is 0.814. The van der Waals surface area contributed by atoms with Crippen molar-refractivity contribution in [2.75, 3.05) is 0 Å². The number of H-pyrrole nitrogens is 1. The van der Waals surface area contributed by atoms with Crippen LogP contribution in [0.25, 0.3) is 38.9 Å². The van der Waals surface area contributed by atoms with E-state index < -0.39 is 0 Å². The number of nitrogens with one attached hydrogen (secondary N) is 1. The van der Waals surface area contributed by atoms with Gasteiger partial charge in [0.2, 0.25) is 0 Å². The Balaban J connectivity index is 2.13. The summed E-state index contributed by atoms with van der Waals surface area (Å²) in [6, 6.07) is 12.0. The average molecular weight is 294 g/mol. The maximum Gasteiger partial charge on any atom is 0.144 e. The van der Waals surface area contributed by atoms with E-state index >= 15 is 0 Å². The average Bonchev–Trinajstić information content (AvgIpc) is 3.04. The quantitative estimate of drug-likeness (QED) is 0.457. The molecule has 0 aliphatic rings. The molecule has 0 amide bonds. The van der Waals surface area contributed by atoms with Crippen molar-refractivity contribution in [3.05, 3.63) is 65.9 Å². The molecular formula is C18H12ClNO. The van der Waals surface area contributed by atoms with E-state index in [2.05, 4.69) is 23.7 Å². The van der Waals surface area contributed by atoms with Crippen molar-refractivity contribution in [2.45, 2.75) is 0 Å². The highest BCUT2D eigenvalue weighted by atomic mass is 35.5. The maximum atomic E-state index is 6.13. The van der Waals surface area contributed by atoms with Gasteiger partial charge in [0.1, 0.15) is 11.3 Å². The molecule has 4 rings (SSSR count). The summed E-state index contributed by atoms with van der Waals surface area (Å²) >= 11 is 6.13. The van der Waals surface area contributed by atoms with Gasteiger partial charge in [-0.2, -0.15) is 0 Å². The van der Waals surface area contributed by atoms with Crippen LogP contribution in [-0.4, -0.2) is 4.98 Å². The van der Waals surface area contributed by atoms with Crippen LogP contribution in [0.1, 0.15) is 5.76 Å². The van der Waals surface area contributed by atoms with Crippen molar-refractivity contribution in [1.29, 1.82) is 0 Å². The second-order valence-corrected chi connectivity index (χ2v) is 5.40. The molecule has 2 aromatic heterocycles. The number of allylic oxidation sites excluding steroid dienone is 2. The SMILES string of the molecule is C=C/C=C\c1cc2ccc3[nH]c4ccc(Cl)cc4c3c2o1. The summed E-state index contributed by atoms with van der Waals surface area (Å²) in [6.45, 7) is 3.67. The number of hydrogen-bond acceptors (Lipinski definition) is 1. The number of halogens is 1. The molecule has 0 radical (unpaired) electrons. The van der Waals surface area contributed by atoms with Crippen LogP contribution in [-0.2, 0) is 0 Å².